The maximum atomic E-state index is 13.4. The SMILES string of the molecule is CCCC/C=C\CCCCCCCC(=O)OC(/C=C\CCCCCCCCCCC)C(COP(=O)([O-])OCC[N+](C)(C)C)NC(=O)CCCCCCCC/C=C/C=C/CCCCC. The molecule has 0 rings (SSSR count). The van der Waals surface area contributed by atoms with Crippen molar-refractivity contribution in [3.05, 3.63) is 48.6 Å². The molecule has 368 valence electrons. The number of quaternary nitrogens is 1. The van der Waals surface area contributed by atoms with E-state index in [1.807, 2.05) is 33.3 Å². The summed E-state index contributed by atoms with van der Waals surface area (Å²) in [5, 5.41) is 3.00. The number of ether oxygens (including phenoxy) is 1. The van der Waals surface area contributed by atoms with Crippen molar-refractivity contribution in [3.8, 4) is 0 Å². The molecular formula is C53H99N2O7P. The molecule has 0 spiro atoms. The van der Waals surface area contributed by atoms with Crippen molar-refractivity contribution < 1.29 is 37.3 Å². The molecule has 1 N–H and O–H groups in total. The summed E-state index contributed by atoms with van der Waals surface area (Å²) in [6.07, 6.45) is 50.7. The van der Waals surface area contributed by atoms with Gasteiger partial charge in [-0.15, -0.1) is 0 Å². The molecule has 1 amide bonds. The van der Waals surface area contributed by atoms with E-state index in [0.29, 0.717) is 17.4 Å². The van der Waals surface area contributed by atoms with Crippen LogP contribution < -0.4 is 10.2 Å². The number of allylic oxidation sites excluding steroid dienone is 7. The van der Waals surface area contributed by atoms with Gasteiger partial charge in [0.05, 0.1) is 33.8 Å². The standard InChI is InChI=1S/C53H99N2O7P/c1-7-10-13-16-19-22-25-26-27-28-31-33-36-39-42-45-52(56)54-50(49-61-63(58,59)60-48-47-55(4,5)6)51(44-41-38-35-32-29-23-20-17-14-11-8-2)62-53(57)46-43-40-37-34-30-24-21-18-15-12-9-3/h18-19,21-22,25-26,41,44,50-51H,7-17,20,23-24,27-40,42-43,45-49H2,1-6H3,(H-,54,56,58,59)/b21-18-,22-19+,26-25+,44-41-. The lowest BCUT2D eigenvalue weighted by Crippen LogP contribution is -2.47. The molecule has 3 unspecified atom stereocenters. The van der Waals surface area contributed by atoms with Crippen molar-refractivity contribution in [1.82, 2.24) is 5.32 Å². The fourth-order valence-corrected chi connectivity index (χ4v) is 7.86. The zero-order valence-electron chi connectivity index (χ0n) is 41.8. The van der Waals surface area contributed by atoms with Gasteiger partial charge in [0.25, 0.3) is 7.82 Å². The first-order valence-electron chi connectivity index (χ1n) is 26.0. The number of nitrogens with one attached hydrogen (secondary N) is 1. The first kappa shape index (κ1) is 61.0. The number of esters is 1. The van der Waals surface area contributed by atoms with Crippen molar-refractivity contribution in [2.75, 3.05) is 40.9 Å². The number of rotatable bonds is 46. The Morgan fingerprint density at radius 1 is 0.556 bits per heavy atom. The van der Waals surface area contributed by atoms with Gasteiger partial charge in [0, 0.05) is 12.8 Å². The minimum absolute atomic E-state index is 0.0265. The van der Waals surface area contributed by atoms with Crippen LogP contribution in [0.5, 0.6) is 0 Å². The number of carbonyl (C=O) groups excluding carboxylic acids is 2. The summed E-state index contributed by atoms with van der Waals surface area (Å²) >= 11 is 0. The van der Waals surface area contributed by atoms with Gasteiger partial charge in [0.15, 0.2) is 0 Å². The molecule has 0 radical (unpaired) electrons. The molecule has 0 bridgehead atoms. The predicted octanol–water partition coefficient (Wildman–Crippen LogP) is 14.4. The van der Waals surface area contributed by atoms with E-state index in [4.69, 9.17) is 13.8 Å². The van der Waals surface area contributed by atoms with Gasteiger partial charge in [0.2, 0.25) is 5.91 Å². The molecule has 9 nitrogen and oxygen atoms in total. The number of phosphoric ester groups is 1. The third-order valence-electron chi connectivity index (χ3n) is 11.3. The molecule has 0 aliphatic rings. The molecule has 0 aromatic rings. The summed E-state index contributed by atoms with van der Waals surface area (Å²) < 4.78 is 30.1. The first-order valence-corrected chi connectivity index (χ1v) is 27.4. The molecule has 0 aromatic carbocycles. The van der Waals surface area contributed by atoms with E-state index in [0.717, 1.165) is 116 Å². The molecule has 0 aromatic heterocycles. The van der Waals surface area contributed by atoms with Crippen LogP contribution in [0.3, 0.4) is 0 Å². The highest BCUT2D eigenvalue weighted by molar-refractivity contribution is 7.45. The lowest BCUT2D eigenvalue weighted by atomic mass is 10.1. The van der Waals surface area contributed by atoms with Gasteiger partial charge in [0.1, 0.15) is 19.3 Å². The van der Waals surface area contributed by atoms with E-state index in [2.05, 4.69) is 62.5 Å². The maximum absolute atomic E-state index is 13.4. The molecule has 0 aliphatic heterocycles. The summed E-state index contributed by atoms with van der Waals surface area (Å²) in [5.41, 5.74) is 0. The monoisotopic (exact) mass is 907 g/mol. The van der Waals surface area contributed by atoms with E-state index < -0.39 is 26.6 Å². The average Bonchev–Trinajstić information content (AvgIpc) is 3.23. The van der Waals surface area contributed by atoms with E-state index in [1.54, 1.807) is 0 Å². The van der Waals surface area contributed by atoms with Crippen molar-refractivity contribution >= 4 is 19.7 Å². The van der Waals surface area contributed by atoms with Crippen LogP contribution in [-0.4, -0.2) is 69.4 Å². The Hall–Kier alpha value is -2.03. The van der Waals surface area contributed by atoms with Crippen LogP contribution in [0.2, 0.25) is 0 Å². The smallest absolute Gasteiger partial charge is 0.306 e. The third kappa shape index (κ3) is 44.9. The summed E-state index contributed by atoms with van der Waals surface area (Å²) in [5.74, 6) is -0.568. The third-order valence-corrected chi connectivity index (χ3v) is 12.2. The Morgan fingerprint density at radius 3 is 1.52 bits per heavy atom. The van der Waals surface area contributed by atoms with Crippen LogP contribution in [0, 0.1) is 0 Å². The van der Waals surface area contributed by atoms with E-state index in [-0.39, 0.29) is 24.9 Å². The van der Waals surface area contributed by atoms with Gasteiger partial charge in [-0.05, 0) is 76.7 Å². The first-order chi connectivity index (χ1) is 30.4. The second-order valence-corrected chi connectivity index (χ2v) is 20.1. The van der Waals surface area contributed by atoms with Gasteiger partial charge in [-0.2, -0.15) is 0 Å². The fourth-order valence-electron chi connectivity index (χ4n) is 7.14. The van der Waals surface area contributed by atoms with Gasteiger partial charge in [-0.1, -0.05) is 185 Å². The molecule has 0 heterocycles. The number of likely N-dealkylation sites (N-methyl/N-ethyl adjacent to an activating group) is 1. The highest BCUT2D eigenvalue weighted by atomic mass is 31.2. The maximum Gasteiger partial charge on any atom is 0.306 e. The zero-order chi connectivity index (χ0) is 46.5. The Labute approximate surface area is 388 Å². The van der Waals surface area contributed by atoms with Crippen LogP contribution in [0.1, 0.15) is 226 Å². The Balaban J connectivity index is 5.43. The predicted molar refractivity (Wildman–Crippen MR) is 266 cm³/mol. The Morgan fingerprint density at radius 2 is 0.984 bits per heavy atom. The van der Waals surface area contributed by atoms with E-state index in [1.165, 1.54) is 77.0 Å². The van der Waals surface area contributed by atoms with Gasteiger partial charge in [-0.3, -0.25) is 14.2 Å². The molecule has 3 atom stereocenters. The lowest BCUT2D eigenvalue weighted by Gasteiger charge is -2.30. The molecule has 0 saturated heterocycles. The Bertz CT molecular complexity index is 1230. The second kappa shape index (κ2) is 43.8. The quantitative estimate of drug-likeness (QED) is 0.0162. The van der Waals surface area contributed by atoms with E-state index >= 15 is 0 Å². The topological polar surface area (TPSA) is 114 Å². The number of hydrogen-bond donors (Lipinski definition) is 1. The highest BCUT2D eigenvalue weighted by Gasteiger charge is 2.27. The molecule has 0 aliphatic carbocycles. The van der Waals surface area contributed by atoms with Crippen molar-refractivity contribution in [2.24, 2.45) is 0 Å². The van der Waals surface area contributed by atoms with Gasteiger partial charge >= 0.3 is 5.97 Å². The summed E-state index contributed by atoms with van der Waals surface area (Å²) in [7, 11) is 1.17. The second-order valence-electron chi connectivity index (χ2n) is 18.7. The number of carbonyl (C=O) groups is 2. The minimum atomic E-state index is -4.69. The molecule has 0 fully saturated rings. The number of unbranched alkanes of at least 4 members (excludes halogenated alkanes) is 25. The zero-order valence-corrected chi connectivity index (χ0v) is 42.7. The summed E-state index contributed by atoms with van der Waals surface area (Å²) in [4.78, 5) is 39.6. The molecule has 10 heteroatoms. The van der Waals surface area contributed by atoms with Crippen molar-refractivity contribution in [1.29, 1.82) is 0 Å². The molecular weight excluding hydrogens is 808 g/mol. The Kier molecular flexibility index (Phi) is 42.4. The number of phosphoric acid groups is 1. The van der Waals surface area contributed by atoms with Crippen LogP contribution >= 0.6 is 7.82 Å². The minimum Gasteiger partial charge on any atom is -0.756 e. The highest BCUT2D eigenvalue weighted by Crippen LogP contribution is 2.38. The number of nitrogens with zero attached hydrogens (tertiary/aromatic N) is 1. The average molecular weight is 907 g/mol. The van der Waals surface area contributed by atoms with Crippen LogP contribution in [0.25, 0.3) is 0 Å². The molecule has 63 heavy (non-hydrogen) atoms. The van der Waals surface area contributed by atoms with Gasteiger partial charge < -0.3 is 28.5 Å². The van der Waals surface area contributed by atoms with Crippen LogP contribution in [-0.2, 0) is 27.9 Å². The summed E-state index contributed by atoms with van der Waals surface area (Å²) in [6, 6.07) is -0.894. The largest absolute Gasteiger partial charge is 0.756 e. The lowest BCUT2D eigenvalue weighted by molar-refractivity contribution is -0.870. The normalized spacial score (nSPS) is 14.3. The van der Waals surface area contributed by atoms with Crippen molar-refractivity contribution in [3.63, 3.8) is 0 Å². The number of hydrogen-bond acceptors (Lipinski definition) is 7. The van der Waals surface area contributed by atoms with Crippen LogP contribution in [0.4, 0.5) is 0 Å². The van der Waals surface area contributed by atoms with Crippen LogP contribution in [0.15, 0.2) is 48.6 Å². The number of amides is 1. The fraction of sp³-hybridized carbons (Fsp3) is 0.811. The van der Waals surface area contributed by atoms with E-state index in [9.17, 15) is 19.0 Å². The molecule has 0 saturated carbocycles. The van der Waals surface area contributed by atoms with Crippen molar-refractivity contribution in [2.45, 2.75) is 238 Å². The van der Waals surface area contributed by atoms with Gasteiger partial charge in [-0.25, -0.2) is 0 Å². The summed E-state index contributed by atoms with van der Waals surface area (Å²) in [6.45, 7) is 6.73.